The first-order valence-electron chi connectivity index (χ1n) is 5.29. The third-order valence-electron chi connectivity index (χ3n) is 2.60. The zero-order chi connectivity index (χ0) is 12.6. The number of hydrogen-bond acceptors (Lipinski definition) is 2. The third-order valence-corrected chi connectivity index (χ3v) is 3.41. The standard InChI is InChI=1S/C12H13Cl2N3/c1-7(2)17-6-16-11(12(17)15)8-4-3-5-9(13)10(8)14/h3-7H,15H2,1-2H3. The van der Waals surface area contributed by atoms with Crippen molar-refractivity contribution in [1.82, 2.24) is 9.55 Å². The zero-order valence-electron chi connectivity index (χ0n) is 9.61. The molecule has 3 nitrogen and oxygen atoms in total. The monoisotopic (exact) mass is 269 g/mol. The van der Waals surface area contributed by atoms with E-state index in [1.807, 2.05) is 30.5 Å². The van der Waals surface area contributed by atoms with Crippen LogP contribution in [0, 0.1) is 0 Å². The van der Waals surface area contributed by atoms with Crippen LogP contribution < -0.4 is 5.73 Å². The Bertz CT molecular complexity index is 547. The minimum atomic E-state index is 0.259. The number of halogens is 2. The fraction of sp³-hybridized carbons (Fsp3) is 0.250. The normalized spacial score (nSPS) is 11.1. The predicted octanol–water partition coefficient (Wildman–Crippen LogP) is 4.02. The Hall–Kier alpha value is -1.19. The molecule has 2 N–H and O–H groups in total. The summed E-state index contributed by atoms with van der Waals surface area (Å²) in [6, 6.07) is 5.69. The summed E-state index contributed by atoms with van der Waals surface area (Å²) in [4.78, 5) is 4.30. The van der Waals surface area contributed by atoms with Crippen molar-refractivity contribution in [1.29, 1.82) is 0 Å². The molecule has 0 aliphatic heterocycles. The molecule has 0 saturated heterocycles. The number of hydrogen-bond donors (Lipinski definition) is 1. The maximum absolute atomic E-state index is 6.15. The molecule has 17 heavy (non-hydrogen) atoms. The first-order chi connectivity index (χ1) is 8.02. The van der Waals surface area contributed by atoms with Crippen molar-refractivity contribution in [2.24, 2.45) is 0 Å². The van der Waals surface area contributed by atoms with Crippen LogP contribution in [0.4, 0.5) is 5.82 Å². The number of aromatic nitrogens is 2. The molecule has 0 atom stereocenters. The van der Waals surface area contributed by atoms with E-state index in [4.69, 9.17) is 28.9 Å². The van der Waals surface area contributed by atoms with Crippen molar-refractivity contribution in [2.75, 3.05) is 5.73 Å². The molecule has 0 spiro atoms. The maximum atomic E-state index is 6.15. The quantitative estimate of drug-likeness (QED) is 0.895. The van der Waals surface area contributed by atoms with Gasteiger partial charge in [-0.1, -0.05) is 35.3 Å². The molecule has 0 amide bonds. The van der Waals surface area contributed by atoms with Gasteiger partial charge in [0.2, 0.25) is 0 Å². The molecule has 0 saturated carbocycles. The number of benzene rings is 1. The topological polar surface area (TPSA) is 43.8 Å². The number of nitrogens with two attached hydrogens (primary N) is 1. The number of anilines is 1. The molecule has 0 fully saturated rings. The van der Waals surface area contributed by atoms with Gasteiger partial charge in [0.1, 0.15) is 11.5 Å². The second-order valence-electron chi connectivity index (χ2n) is 4.08. The van der Waals surface area contributed by atoms with Crippen LogP contribution in [0.25, 0.3) is 11.3 Å². The van der Waals surface area contributed by atoms with Gasteiger partial charge in [-0.2, -0.15) is 0 Å². The second-order valence-corrected chi connectivity index (χ2v) is 4.87. The average Bonchev–Trinajstić information content (AvgIpc) is 2.64. The molecular weight excluding hydrogens is 257 g/mol. The van der Waals surface area contributed by atoms with Crippen molar-refractivity contribution in [3.63, 3.8) is 0 Å². The molecule has 0 radical (unpaired) electrons. The van der Waals surface area contributed by atoms with Crippen molar-refractivity contribution >= 4 is 29.0 Å². The van der Waals surface area contributed by atoms with Gasteiger partial charge in [0.05, 0.1) is 16.4 Å². The molecule has 1 aromatic carbocycles. The SMILES string of the molecule is CC(C)n1cnc(-c2cccc(Cl)c2Cl)c1N. The third kappa shape index (κ3) is 2.13. The van der Waals surface area contributed by atoms with Gasteiger partial charge in [0, 0.05) is 11.6 Å². The lowest BCUT2D eigenvalue weighted by Crippen LogP contribution is -2.04. The molecule has 90 valence electrons. The van der Waals surface area contributed by atoms with E-state index < -0.39 is 0 Å². The van der Waals surface area contributed by atoms with E-state index in [9.17, 15) is 0 Å². The molecule has 0 unspecified atom stereocenters. The van der Waals surface area contributed by atoms with Crippen LogP contribution in [-0.2, 0) is 0 Å². The Kier molecular flexibility index (Phi) is 3.31. The molecule has 1 aromatic heterocycles. The van der Waals surface area contributed by atoms with Crippen molar-refractivity contribution in [3.05, 3.63) is 34.6 Å². The van der Waals surface area contributed by atoms with Crippen LogP contribution in [0.15, 0.2) is 24.5 Å². The molecule has 0 bridgehead atoms. The van der Waals surface area contributed by atoms with Crippen molar-refractivity contribution in [3.8, 4) is 11.3 Å². The van der Waals surface area contributed by atoms with E-state index in [0.29, 0.717) is 21.6 Å². The van der Waals surface area contributed by atoms with Crippen molar-refractivity contribution < 1.29 is 0 Å². The number of imidazole rings is 1. The molecular formula is C12H13Cl2N3. The van der Waals surface area contributed by atoms with E-state index in [-0.39, 0.29) is 6.04 Å². The molecule has 0 aliphatic carbocycles. The van der Waals surface area contributed by atoms with Gasteiger partial charge in [0.15, 0.2) is 0 Å². The van der Waals surface area contributed by atoms with Gasteiger partial charge < -0.3 is 10.3 Å². The van der Waals surface area contributed by atoms with Gasteiger partial charge in [0.25, 0.3) is 0 Å². The lowest BCUT2D eigenvalue weighted by Gasteiger charge is -2.09. The Morgan fingerprint density at radius 3 is 2.59 bits per heavy atom. The Morgan fingerprint density at radius 2 is 2.00 bits per heavy atom. The number of rotatable bonds is 2. The fourth-order valence-electron chi connectivity index (χ4n) is 1.68. The van der Waals surface area contributed by atoms with E-state index in [2.05, 4.69) is 4.98 Å². The highest BCUT2D eigenvalue weighted by Crippen LogP contribution is 2.35. The van der Waals surface area contributed by atoms with Gasteiger partial charge in [-0.3, -0.25) is 0 Å². The van der Waals surface area contributed by atoms with Crippen LogP contribution in [0.5, 0.6) is 0 Å². The summed E-state index contributed by atoms with van der Waals surface area (Å²) >= 11 is 12.1. The van der Waals surface area contributed by atoms with E-state index >= 15 is 0 Å². The summed E-state index contributed by atoms with van der Waals surface area (Å²) in [5.74, 6) is 0.601. The second kappa shape index (κ2) is 4.59. The summed E-state index contributed by atoms with van der Waals surface area (Å²) in [5, 5.41) is 0.984. The van der Waals surface area contributed by atoms with Crippen LogP contribution in [0.1, 0.15) is 19.9 Å². The summed E-state index contributed by atoms with van der Waals surface area (Å²) in [6.45, 7) is 4.09. The van der Waals surface area contributed by atoms with Gasteiger partial charge >= 0.3 is 0 Å². The highest BCUT2D eigenvalue weighted by Gasteiger charge is 2.15. The summed E-state index contributed by atoms with van der Waals surface area (Å²) in [6.07, 6.45) is 1.71. The first-order valence-corrected chi connectivity index (χ1v) is 6.04. The highest BCUT2D eigenvalue weighted by molar-refractivity contribution is 6.43. The van der Waals surface area contributed by atoms with Crippen molar-refractivity contribution in [2.45, 2.75) is 19.9 Å². The molecule has 2 aromatic rings. The Balaban J connectivity index is 2.58. The lowest BCUT2D eigenvalue weighted by molar-refractivity contribution is 0.607. The van der Waals surface area contributed by atoms with Crippen LogP contribution in [-0.4, -0.2) is 9.55 Å². The molecule has 5 heteroatoms. The minimum Gasteiger partial charge on any atom is -0.383 e. The van der Waals surface area contributed by atoms with E-state index in [1.165, 1.54) is 0 Å². The van der Waals surface area contributed by atoms with Crippen LogP contribution in [0.3, 0.4) is 0 Å². The molecule has 1 heterocycles. The van der Waals surface area contributed by atoms with Gasteiger partial charge in [-0.15, -0.1) is 0 Å². The van der Waals surface area contributed by atoms with E-state index in [0.717, 1.165) is 5.56 Å². The fourth-order valence-corrected chi connectivity index (χ4v) is 2.07. The molecule has 2 rings (SSSR count). The Morgan fingerprint density at radius 1 is 1.29 bits per heavy atom. The average molecular weight is 270 g/mol. The largest absolute Gasteiger partial charge is 0.383 e. The summed E-state index contributed by atoms with van der Waals surface area (Å²) < 4.78 is 1.90. The zero-order valence-corrected chi connectivity index (χ0v) is 11.1. The smallest absolute Gasteiger partial charge is 0.131 e. The number of nitrogen functional groups attached to an aromatic ring is 1. The molecule has 0 aliphatic rings. The Labute approximate surface area is 110 Å². The van der Waals surface area contributed by atoms with Gasteiger partial charge in [-0.25, -0.2) is 4.98 Å². The first kappa shape index (κ1) is 12.3. The highest BCUT2D eigenvalue weighted by atomic mass is 35.5. The number of nitrogens with zero attached hydrogens (tertiary/aromatic N) is 2. The van der Waals surface area contributed by atoms with Crippen LogP contribution >= 0.6 is 23.2 Å². The van der Waals surface area contributed by atoms with Gasteiger partial charge in [-0.05, 0) is 19.9 Å². The maximum Gasteiger partial charge on any atom is 0.131 e. The van der Waals surface area contributed by atoms with Crippen LogP contribution in [0.2, 0.25) is 10.0 Å². The lowest BCUT2D eigenvalue weighted by atomic mass is 10.1. The summed E-state index contributed by atoms with van der Waals surface area (Å²) in [7, 11) is 0. The predicted molar refractivity (Wildman–Crippen MR) is 72.5 cm³/mol. The minimum absolute atomic E-state index is 0.259. The van der Waals surface area contributed by atoms with E-state index in [1.54, 1.807) is 12.4 Å². The summed E-state index contributed by atoms with van der Waals surface area (Å²) in [5.41, 5.74) is 7.49.